The third kappa shape index (κ3) is 7.65. The monoisotopic (exact) mass is 658 g/mol. The number of aryl methyl sites for hydroxylation is 3. The van der Waals surface area contributed by atoms with Gasteiger partial charge in [-0.3, -0.25) is 0 Å². The lowest BCUT2D eigenvalue weighted by Crippen LogP contribution is -2.30. The van der Waals surface area contributed by atoms with E-state index >= 15 is 0 Å². The fourth-order valence-electron chi connectivity index (χ4n) is 7.47. The van der Waals surface area contributed by atoms with Crippen LogP contribution in [0, 0.1) is 20.8 Å². The van der Waals surface area contributed by atoms with E-state index in [1.165, 1.54) is 99.6 Å². The molecule has 50 heavy (non-hydrogen) atoms. The predicted molar refractivity (Wildman–Crippen MR) is 217 cm³/mol. The summed E-state index contributed by atoms with van der Waals surface area (Å²) >= 11 is 0. The number of hydrogen-bond acceptors (Lipinski definition) is 2. The van der Waals surface area contributed by atoms with Crippen molar-refractivity contribution in [2.75, 3.05) is 9.80 Å². The Bertz CT molecular complexity index is 1840. The van der Waals surface area contributed by atoms with Crippen LogP contribution in [0.4, 0.5) is 28.4 Å². The van der Waals surface area contributed by atoms with Gasteiger partial charge in [-0.15, -0.1) is 0 Å². The van der Waals surface area contributed by atoms with Gasteiger partial charge in [-0.1, -0.05) is 122 Å². The highest BCUT2D eigenvalue weighted by Crippen LogP contribution is 2.47. The zero-order valence-corrected chi connectivity index (χ0v) is 31.0. The molecule has 0 unspecified atom stereocenters. The Morgan fingerprint density at radius 3 is 1.28 bits per heavy atom. The molecule has 1 saturated carbocycles. The summed E-state index contributed by atoms with van der Waals surface area (Å²) in [4.78, 5) is 4.82. The van der Waals surface area contributed by atoms with Crippen LogP contribution in [0.5, 0.6) is 0 Å². The second kappa shape index (κ2) is 15.8. The Morgan fingerprint density at radius 2 is 0.880 bits per heavy atom. The summed E-state index contributed by atoms with van der Waals surface area (Å²) in [6.07, 6.45) is 12.8. The smallest absolute Gasteiger partial charge is 0.0461 e. The molecule has 2 heteroatoms. The maximum absolute atomic E-state index is 2.44. The van der Waals surface area contributed by atoms with Gasteiger partial charge in [-0.05, 0) is 131 Å². The van der Waals surface area contributed by atoms with E-state index < -0.39 is 0 Å². The molecule has 0 amide bonds. The van der Waals surface area contributed by atoms with E-state index in [1.807, 2.05) is 0 Å². The van der Waals surface area contributed by atoms with Crippen LogP contribution in [0.25, 0.3) is 0 Å². The van der Waals surface area contributed by atoms with Gasteiger partial charge < -0.3 is 9.80 Å². The Hall–Kier alpha value is -4.82. The van der Waals surface area contributed by atoms with Crippen molar-refractivity contribution in [2.24, 2.45) is 0 Å². The third-order valence-corrected chi connectivity index (χ3v) is 10.7. The molecule has 2 nitrogen and oxygen atoms in total. The molecule has 1 fully saturated rings. The molecule has 0 aliphatic heterocycles. The summed E-state index contributed by atoms with van der Waals surface area (Å²) in [6.45, 7) is 13.2. The third-order valence-electron chi connectivity index (χ3n) is 10.7. The van der Waals surface area contributed by atoms with E-state index in [2.05, 4.69) is 185 Å². The van der Waals surface area contributed by atoms with E-state index in [-0.39, 0.29) is 5.41 Å². The van der Waals surface area contributed by atoms with Crippen LogP contribution in [-0.4, -0.2) is 0 Å². The fourth-order valence-corrected chi connectivity index (χ4v) is 7.47. The summed E-state index contributed by atoms with van der Waals surface area (Å²) in [7, 11) is 0. The second-order valence-electron chi connectivity index (χ2n) is 14.3. The highest BCUT2D eigenvalue weighted by atomic mass is 15.1. The molecular weight excluding hydrogens is 605 g/mol. The first-order valence-electron chi connectivity index (χ1n) is 18.7. The number of anilines is 5. The van der Waals surface area contributed by atoms with Crippen LogP contribution in [0.3, 0.4) is 0 Å². The summed E-state index contributed by atoms with van der Waals surface area (Å²) in [5.74, 6) is 0. The predicted octanol–water partition coefficient (Wildman–Crippen LogP) is 14.1. The summed E-state index contributed by atoms with van der Waals surface area (Å²) < 4.78 is 0. The van der Waals surface area contributed by atoms with Gasteiger partial charge in [0.15, 0.2) is 0 Å². The topological polar surface area (TPSA) is 6.48 Å². The Balaban J connectivity index is 1.38. The molecule has 1 aliphatic rings. The summed E-state index contributed by atoms with van der Waals surface area (Å²) in [6, 6.07) is 45.7. The van der Waals surface area contributed by atoms with Crippen LogP contribution in [-0.2, 0) is 5.41 Å². The van der Waals surface area contributed by atoms with Crippen molar-refractivity contribution >= 4 is 28.4 Å². The Kier molecular flexibility index (Phi) is 11.1. The lowest BCUT2D eigenvalue weighted by molar-refractivity contribution is 0.346. The lowest BCUT2D eigenvalue weighted by Gasteiger charge is -2.39. The van der Waals surface area contributed by atoms with Crippen molar-refractivity contribution in [3.63, 3.8) is 0 Å². The van der Waals surface area contributed by atoms with E-state index in [0.29, 0.717) is 0 Å². The molecule has 6 rings (SSSR count). The molecule has 0 N–H and O–H groups in total. The summed E-state index contributed by atoms with van der Waals surface area (Å²) in [5.41, 5.74) is 15.3. The second-order valence-corrected chi connectivity index (χ2v) is 14.3. The zero-order chi connectivity index (χ0) is 35.1. The van der Waals surface area contributed by atoms with Gasteiger partial charge in [0.05, 0.1) is 0 Å². The van der Waals surface area contributed by atoms with E-state index in [9.17, 15) is 0 Å². The SMILES string of the molecule is CC/C(C)=C\C=C(/CC)N(c1ccc(C)cc1)c1ccc(C2(c3ccc(N(c4ccc(C)cc4)c4ccc(C)cc4)cc3)CCCCC2)cc1. The molecule has 0 radical (unpaired) electrons. The number of allylic oxidation sites excluding steroid dienone is 4. The van der Waals surface area contributed by atoms with Crippen LogP contribution >= 0.6 is 0 Å². The Labute approximate surface area is 301 Å². The molecule has 1 aliphatic carbocycles. The average molecular weight is 659 g/mol. The number of rotatable bonds is 11. The molecule has 0 aromatic heterocycles. The first-order chi connectivity index (χ1) is 24.3. The molecule has 5 aromatic rings. The molecule has 0 spiro atoms. The van der Waals surface area contributed by atoms with E-state index in [4.69, 9.17) is 0 Å². The first kappa shape index (κ1) is 35.0. The standard InChI is InChI=1S/C48H54N2/c1-7-36(3)12-23-42(8-2)49(43-24-13-37(4)14-25-43)46-30-19-40(20-31-46)48(34-10-9-11-35-48)41-21-32-47(33-22-41)50(44-26-15-38(5)16-27-44)45-28-17-39(6)18-29-45/h12-33H,7-11,34-35H2,1-6H3/b36-12-,42-23+. The minimum absolute atomic E-state index is 0.00689. The zero-order valence-electron chi connectivity index (χ0n) is 31.0. The fraction of sp³-hybridized carbons (Fsp3) is 0.292. The molecule has 0 saturated heterocycles. The van der Waals surface area contributed by atoms with Crippen LogP contribution in [0.15, 0.2) is 145 Å². The Morgan fingerprint density at radius 1 is 0.500 bits per heavy atom. The minimum atomic E-state index is 0.00689. The molecule has 0 heterocycles. The number of hydrogen-bond donors (Lipinski definition) is 0. The van der Waals surface area contributed by atoms with E-state index in [0.717, 1.165) is 12.8 Å². The van der Waals surface area contributed by atoms with Crippen molar-refractivity contribution in [2.45, 2.75) is 91.9 Å². The van der Waals surface area contributed by atoms with Crippen molar-refractivity contribution in [1.29, 1.82) is 0 Å². The van der Waals surface area contributed by atoms with Crippen LogP contribution in [0.1, 0.15) is 93.5 Å². The molecular formula is C48H54N2. The number of nitrogens with zero attached hydrogens (tertiary/aromatic N) is 2. The van der Waals surface area contributed by atoms with Crippen LogP contribution < -0.4 is 9.80 Å². The highest BCUT2D eigenvalue weighted by Gasteiger charge is 2.36. The molecule has 5 aromatic carbocycles. The average Bonchev–Trinajstić information content (AvgIpc) is 3.16. The van der Waals surface area contributed by atoms with Gasteiger partial charge >= 0.3 is 0 Å². The van der Waals surface area contributed by atoms with Gasteiger partial charge in [0.1, 0.15) is 0 Å². The minimum Gasteiger partial charge on any atom is -0.314 e. The van der Waals surface area contributed by atoms with Gasteiger partial charge in [-0.2, -0.15) is 0 Å². The van der Waals surface area contributed by atoms with E-state index in [1.54, 1.807) is 0 Å². The van der Waals surface area contributed by atoms with Crippen molar-refractivity contribution in [1.82, 2.24) is 0 Å². The van der Waals surface area contributed by atoms with Gasteiger partial charge in [0, 0.05) is 39.5 Å². The summed E-state index contributed by atoms with van der Waals surface area (Å²) in [5, 5.41) is 0. The highest BCUT2D eigenvalue weighted by molar-refractivity contribution is 5.77. The van der Waals surface area contributed by atoms with Crippen LogP contribution in [0.2, 0.25) is 0 Å². The van der Waals surface area contributed by atoms with Gasteiger partial charge in [0.25, 0.3) is 0 Å². The van der Waals surface area contributed by atoms with Gasteiger partial charge in [-0.25, -0.2) is 0 Å². The number of benzene rings is 5. The lowest BCUT2D eigenvalue weighted by atomic mass is 9.65. The normalized spacial score (nSPS) is 14.8. The molecule has 0 bridgehead atoms. The van der Waals surface area contributed by atoms with Crippen molar-refractivity contribution < 1.29 is 0 Å². The van der Waals surface area contributed by atoms with Gasteiger partial charge in [0.2, 0.25) is 0 Å². The molecule has 256 valence electrons. The largest absolute Gasteiger partial charge is 0.314 e. The van der Waals surface area contributed by atoms with Crippen molar-refractivity contribution in [3.05, 3.63) is 173 Å². The molecule has 0 atom stereocenters. The quantitative estimate of drug-likeness (QED) is 0.130. The maximum Gasteiger partial charge on any atom is 0.0461 e. The first-order valence-corrected chi connectivity index (χ1v) is 18.7. The van der Waals surface area contributed by atoms with Crippen molar-refractivity contribution in [3.8, 4) is 0 Å². The maximum atomic E-state index is 2.44.